The highest BCUT2D eigenvalue weighted by Crippen LogP contribution is 2.28. The van der Waals surface area contributed by atoms with Gasteiger partial charge in [-0.05, 0) is 41.8 Å². The molecule has 0 unspecified atom stereocenters. The molecule has 5 nitrogen and oxygen atoms in total. The third-order valence-electron chi connectivity index (χ3n) is 4.10. The van der Waals surface area contributed by atoms with Crippen molar-refractivity contribution in [2.75, 3.05) is 27.4 Å². The molecule has 2 aromatic carbocycles. The molecule has 1 heterocycles. The molecule has 0 spiro atoms. The maximum Gasteiger partial charge on any atom is 0.251 e. The standard InChI is InChI=1S/C19H21NO4/c1-22-17-6-4-15(12-18(17)23-2)19(21)20-9-7-13-3-5-16-14(11-13)8-10-24-16/h3-6,11-12H,7-10H2,1-2H3,(H,20,21). The van der Waals surface area contributed by atoms with Crippen molar-refractivity contribution in [2.24, 2.45) is 0 Å². The second-order valence-corrected chi connectivity index (χ2v) is 5.62. The van der Waals surface area contributed by atoms with Crippen LogP contribution in [0.4, 0.5) is 0 Å². The predicted octanol–water partition coefficient (Wildman–Crippen LogP) is 2.61. The molecule has 0 bridgehead atoms. The summed E-state index contributed by atoms with van der Waals surface area (Å²) in [6.45, 7) is 1.33. The largest absolute Gasteiger partial charge is 0.493 e. The van der Waals surface area contributed by atoms with E-state index in [4.69, 9.17) is 14.2 Å². The average Bonchev–Trinajstić information content (AvgIpc) is 3.08. The van der Waals surface area contributed by atoms with Crippen molar-refractivity contribution in [3.63, 3.8) is 0 Å². The van der Waals surface area contributed by atoms with E-state index in [9.17, 15) is 4.79 Å². The Balaban J connectivity index is 1.57. The Hall–Kier alpha value is -2.69. The summed E-state index contributed by atoms with van der Waals surface area (Å²) in [4.78, 5) is 12.3. The molecule has 5 heteroatoms. The highest BCUT2D eigenvalue weighted by atomic mass is 16.5. The molecule has 1 amide bonds. The first-order valence-electron chi connectivity index (χ1n) is 7.96. The van der Waals surface area contributed by atoms with Crippen molar-refractivity contribution >= 4 is 5.91 Å². The highest BCUT2D eigenvalue weighted by molar-refractivity contribution is 5.94. The van der Waals surface area contributed by atoms with E-state index in [0.717, 1.165) is 25.2 Å². The van der Waals surface area contributed by atoms with Crippen molar-refractivity contribution in [2.45, 2.75) is 12.8 Å². The molecule has 1 N–H and O–H groups in total. The van der Waals surface area contributed by atoms with Crippen molar-refractivity contribution in [3.8, 4) is 17.2 Å². The lowest BCUT2D eigenvalue weighted by Crippen LogP contribution is -2.25. The topological polar surface area (TPSA) is 56.8 Å². The summed E-state index contributed by atoms with van der Waals surface area (Å²) >= 11 is 0. The first-order valence-corrected chi connectivity index (χ1v) is 7.96. The molecular formula is C19H21NO4. The molecule has 24 heavy (non-hydrogen) atoms. The number of carbonyl (C=O) groups is 1. The Morgan fingerprint density at radius 2 is 1.96 bits per heavy atom. The maximum absolute atomic E-state index is 12.3. The summed E-state index contributed by atoms with van der Waals surface area (Å²) in [5.74, 6) is 2.01. The first kappa shape index (κ1) is 16.2. The van der Waals surface area contributed by atoms with Crippen molar-refractivity contribution in [1.29, 1.82) is 0 Å². The second kappa shape index (κ2) is 7.25. The van der Waals surface area contributed by atoms with E-state index in [2.05, 4.69) is 11.4 Å². The van der Waals surface area contributed by atoms with E-state index in [1.807, 2.05) is 12.1 Å². The van der Waals surface area contributed by atoms with Gasteiger partial charge in [-0.3, -0.25) is 4.79 Å². The van der Waals surface area contributed by atoms with Crippen LogP contribution in [0.1, 0.15) is 21.5 Å². The smallest absolute Gasteiger partial charge is 0.251 e. The molecule has 126 valence electrons. The van der Waals surface area contributed by atoms with E-state index in [-0.39, 0.29) is 5.91 Å². The summed E-state index contributed by atoms with van der Waals surface area (Å²) in [6.07, 6.45) is 1.74. The fraction of sp³-hybridized carbons (Fsp3) is 0.316. The third kappa shape index (κ3) is 3.45. The van der Waals surface area contributed by atoms with Gasteiger partial charge in [0.15, 0.2) is 11.5 Å². The number of fused-ring (bicyclic) bond motifs is 1. The Morgan fingerprint density at radius 3 is 2.75 bits per heavy atom. The third-order valence-corrected chi connectivity index (χ3v) is 4.10. The van der Waals surface area contributed by atoms with E-state index in [1.54, 1.807) is 32.4 Å². The fourth-order valence-electron chi connectivity index (χ4n) is 2.80. The van der Waals surface area contributed by atoms with Crippen LogP contribution in [0.15, 0.2) is 36.4 Å². The van der Waals surface area contributed by atoms with Crippen LogP contribution in [0.5, 0.6) is 17.2 Å². The number of nitrogens with one attached hydrogen (secondary N) is 1. The van der Waals surface area contributed by atoms with Gasteiger partial charge in [0, 0.05) is 18.5 Å². The van der Waals surface area contributed by atoms with Gasteiger partial charge in [-0.15, -0.1) is 0 Å². The number of hydrogen-bond donors (Lipinski definition) is 1. The summed E-state index contributed by atoms with van der Waals surface area (Å²) in [6, 6.07) is 11.4. The molecule has 0 radical (unpaired) electrons. The Labute approximate surface area is 141 Å². The Kier molecular flexibility index (Phi) is 4.89. The van der Waals surface area contributed by atoms with Crippen LogP contribution in [0.2, 0.25) is 0 Å². The number of rotatable bonds is 6. The van der Waals surface area contributed by atoms with Crippen LogP contribution in [0.3, 0.4) is 0 Å². The lowest BCUT2D eigenvalue weighted by molar-refractivity contribution is 0.0953. The Morgan fingerprint density at radius 1 is 1.12 bits per heavy atom. The zero-order valence-corrected chi connectivity index (χ0v) is 13.9. The quantitative estimate of drug-likeness (QED) is 0.886. The monoisotopic (exact) mass is 327 g/mol. The van der Waals surface area contributed by atoms with Crippen molar-refractivity contribution in [3.05, 3.63) is 53.1 Å². The summed E-state index contributed by atoms with van der Waals surface area (Å²) < 4.78 is 15.9. The number of carbonyl (C=O) groups excluding carboxylic acids is 1. The molecule has 2 aromatic rings. The van der Waals surface area contributed by atoms with Gasteiger partial charge in [-0.2, -0.15) is 0 Å². The van der Waals surface area contributed by atoms with E-state index < -0.39 is 0 Å². The predicted molar refractivity (Wildman–Crippen MR) is 91.2 cm³/mol. The van der Waals surface area contributed by atoms with Gasteiger partial charge >= 0.3 is 0 Å². The summed E-state index contributed by atoms with van der Waals surface area (Å²) in [7, 11) is 3.12. The molecule has 0 aromatic heterocycles. The van der Waals surface area contributed by atoms with Gasteiger partial charge in [0.2, 0.25) is 0 Å². The van der Waals surface area contributed by atoms with Gasteiger partial charge in [0.25, 0.3) is 5.91 Å². The van der Waals surface area contributed by atoms with Crippen LogP contribution < -0.4 is 19.5 Å². The van der Waals surface area contributed by atoms with Gasteiger partial charge < -0.3 is 19.5 Å². The minimum atomic E-state index is -0.125. The summed E-state index contributed by atoms with van der Waals surface area (Å²) in [5.41, 5.74) is 3.00. The van der Waals surface area contributed by atoms with E-state index in [0.29, 0.717) is 23.6 Å². The molecule has 0 fully saturated rings. The molecule has 1 aliphatic rings. The normalized spacial score (nSPS) is 12.2. The molecule has 0 saturated heterocycles. The van der Waals surface area contributed by atoms with E-state index >= 15 is 0 Å². The average molecular weight is 327 g/mol. The van der Waals surface area contributed by atoms with Gasteiger partial charge in [0.1, 0.15) is 5.75 Å². The molecule has 0 atom stereocenters. The number of hydrogen-bond acceptors (Lipinski definition) is 4. The minimum absolute atomic E-state index is 0.125. The van der Waals surface area contributed by atoms with Crippen molar-refractivity contribution in [1.82, 2.24) is 5.32 Å². The molecule has 1 aliphatic heterocycles. The number of ether oxygens (including phenoxy) is 3. The van der Waals surface area contributed by atoms with Crippen LogP contribution >= 0.6 is 0 Å². The number of benzene rings is 2. The lowest BCUT2D eigenvalue weighted by Gasteiger charge is -2.10. The van der Waals surface area contributed by atoms with Crippen LogP contribution in [-0.4, -0.2) is 33.3 Å². The fourth-order valence-corrected chi connectivity index (χ4v) is 2.80. The zero-order chi connectivity index (χ0) is 16.9. The molecule has 0 saturated carbocycles. The summed E-state index contributed by atoms with van der Waals surface area (Å²) in [5, 5.41) is 2.94. The number of methoxy groups -OCH3 is 2. The van der Waals surface area contributed by atoms with Crippen LogP contribution in [-0.2, 0) is 12.8 Å². The lowest BCUT2D eigenvalue weighted by atomic mass is 10.1. The number of amides is 1. The first-order chi connectivity index (χ1) is 11.7. The van der Waals surface area contributed by atoms with Gasteiger partial charge in [0.05, 0.1) is 20.8 Å². The van der Waals surface area contributed by atoms with Gasteiger partial charge in [-0.1, -0.05) is 12.1 Å². The molecular weight excluding hydrogens is 306 g/mol. The van der Waals surface area contributed by atoms with Crippen molar-refractivity contribution < 1.29 is 19.0 Å². The zero-order valence-electron chi connectivity index (χ0n) is 13.9. The molecule has 3 rings (SSSR count). The second-order valence-electron chi connectivity index (χ2n) is 5.62. The van der Waals surface area contributed by atoms with E-state index in [1.165, 1.54) is 11.1 Å². The van der Waals surface area contributed by atoms with Crippen LogP contribution in [0.25, 0.3) is 0 Å². The Bertz CT molecular complexity index is 742. The highest BCUT2D eigenvalue weighted by Gasteiger charge is 2.13. The minimum Gasteiger partial charge on any atom is -0.493 e. The van der Waals surface area contributed by atoms with Crippen LogP contribution in [0, 0.1) is 0 Å². The SMILES string of the molecule is COc1ccc(C(=O)NCCc2ccc3c(c2)CCO3)cc1OC. The van der Waals surface area contributed by atoms with Gasteiger partial charge in [-0.25, -0.2) is 0 Å². The molecule has 0 aliphatic carbocycles. The maximum atomic E-state index is 12.3.